The highest BCUT2D eigenvalue weighted by atomic mass is 16.2. The van der Waals surface area contributed by atoms with E-state index in [4.69, 9.17) is 5.73 Å². The van der Waals surface area contributed by atoms with Crippen molar-refractivity contribution in [1.82, 2.24) is 5.32 Å². The first kappa shape index (κ1) is 11.5. The molecule has 14 heavy (non-hydrogen) atoms. The van der Waals surface area contributed by atoms with Crippen LogP contribution >= 0.6 is 0 Å². The summed E-state index contributed by atoms with van der Waals surface area (Å²) in [4.78, 5) is 11.4. The van der Waals surface area contributed by atoms with Crippen molar-refractivity contribution in [3.63, 3.8) is 0 Å². The molecule has 82 valence electrons. The molecule has 0 atom stereocenters. The van der Waals surface area contributed by atoms with Crippen molar-refractivity contribution in [2.75, 3.05) is 13.1 Å². The molecule has 0 unspecified atom stereocenters. The molecule has 1 amide bonds. The fourth-order valence-electron chi connectivity index (χ4n) is 1.49. The SMILES string of the molecule is CC(C)(CCCN)CNC(=O)C1CC1. The highest BCUT2D eigenvalue weighted by Crippen LogP contribution is 2.29. The maximum atomic E-state index is 11.4. The lowest BCUT2D eigenvalue weighted by Gasteiger charge is -2.24. The highest BCUT2D eigenvalue weighted by Gasteiger charge is 2.30. The average Bonchev–Trinajstić information content (AvgIpc) is 2.94. The molecule has 3 heteroatoms. The van der Waals surface area contributed by atoms with Crippen LogP contribution in [-0.2, 0) is 4.79 Å². The van der Waals surface area contributed by atoms with Crippen LogP contribution in [0.1, 0.15) is 39.5 Å². The van der Waals surface area contributed by atoms with Crippen LogP contribution in [0, 0.1) is 11.3 Å². The molecule has 0 saturated heterocycles. The second-order valence-electron chi connectivity index (χ2n) is 5.05. The lowest BCUT2D eigenvalue weighted by atomic mass is 9.88. The molecule has 1 saturated carbocycles. The molecule has 0 radical (unpaired) electrons. The van der Waals surface area contributed by atoms with Gasteiger partial charge in [-0.15, -0.1) is 0 Å². The molecule has 0 aromatic carbocycles. The molecule has 0 spiro atoms. The number of carbonyl (C=O) groups is 1. The van der Waals surface area contributed by atoms with Gasteiger partial charge in [-0.05, 0) is 37.6 Å². The van der Waals surface area contributed by atoms with Crippen LogP contribution in [0.25, 0.3) is 0 Å². The molecule has 1 fully saturated rings. The predicted molar refractivity (Wildman–Crippen MR) is 57.8 cm³/mol. The first-order valence-electron chi connectivity index (χ1n) is 5.53. The summed E-state index contributed by atoms with van der Waals surface area (Å²) in [5.74, 6) is 0.561. The molecule has 0 aromatic rings. The fourth-order valence-corrected chi connectivity index (χ4v) is 1.49. The number of nitrogens with one attached hydrogen (secondary N) is 1. The second-order valence-corrected chi connectivity index (χ2v) is 5.05. The van der Waals surface area contributed by atoms with Crippen LogP contribution in [0.4, 0.5) is 0 Å². The Hall–Kier alpha value is -0.570. The van der Waals surface area contributed by atoms with Crippen LogP contribution in [0.3, 0.4) is 0 Å². The van der Waals surface area contributed by atoms with Crippen molar-refractivity contribution in [2.45, 2.75) is 39.5 Å². The minimum Gasteiger partial charge on any atom is -0.355 e. The van der Waals surface area contributed by atoms with E-state index >= 15 is 0 Å². The van der Waals surface area contributed by atoms with Crippen molar-refractivity contribution in [1.29, 1.82) is 0 Å². The topological polar surface area (TPSA) is 55.1 Å². The summed E-state index contributed by atoms with van der Waals surface area (Å²) in [7, 11) is 0. The number of nitrogens with two attached hydrogens (primary N) is 1. The average molecular weight is 198 g/mol. The third-order valence-electron chi connectivity index (χ3n) is 2.75. The van der Waals surface area contributed by atoms with Gasteiger partial charge < -0.3 is 11.1 Å². The van der Waals surface area contributed by atoms with Gasteiger partial charge >= 0.3 is 0 Å². The molecule has 3 N–H and O–H groups in total. The first-order chi connectivity index (χ1) is 6.55. The summed E-state index contributed by atoms with van der Waals surface area (Å²) in [6.07, 6.45) is 4.27. The summed E-state index contributed by atoms with van der Waals surface area (Å²) in [6, 6.07) is 0. The van der Waals surface area contributed by atoms with Crippen LogP contribution in [-0.4, -0.2) is 19.0 Å². The van der Waals surface area contributed by atoms with E-state index in [0.717, 1.165) is 38.8 Å². The number of hydrogen-bond donors (Lipinski definition) is 2. The van der Waals surface area contributed by atoms with Gasteiger partial charge in [0.25, 0.3) is 0 Å². The fraction of sp³-hybridized carbons (Fsp3) is 0.909. The van der Waals surface area contributed by atoms with E-state index in [9.17, 15) is 4.79 Å². The number of carbonyl (C=O) groups excluding carboxylic acids is 1. The van der Waals surface area contributed by atoms with Gasteiger partial charge in [-0.25, -0.2) is 0 Å². The van der Waals surface area contributed by atoms with Gasteiger partial charge in [-0.2, -0.15) is 0 Å². The Labute approximate surface area is 86.4 Å². The molecule has 0 aromatic heterocycles. The van der Waals surface area contributed by atoms with Gasteiger partial charge in [0.1, 0.15) is 0 Å². The molecule has 1 rings (SSSR count). The Morgan fingerprint density at radius 1 is 1.50 bits per heavy atom. The van der Waals surface area contributed by atoms with Gasteiger partial charge in [-0.1, -0.05) is 13.8 Å². The van der Waals surface area contributed by atoms with Crippen LogP contribution in [0.15, 0.2) is 0 Å². The lowest BCUT2D eigenvalue weighted by molar-refractivity contribution is -0.122. The van der Waals surface area contributed by atoms with Crippen LogP contribution < -0.4 is 11.1 Å². The summed E-state index contributed by atoms with van der Waals surface area (Å²) in [6.45, 7) is 5.87. The van der Waals surface area contributed by atoms with Gasteiger partial charge in [0.15, 0.2) is 0 Å². The maximum absolute atomic E-state index is 11.4. The number of hydrogen-bond acceptors (Lipinski definition) is 2. The van der Waals surface area contributed by atoms with E-state index in [1.165, 1.54) is 0 Å². The van der Waals surface area contributed by atoms with Crippen molar-refractivity contribution in [2.24, 2.45) is 17.1 Å². The monoisotopic (exact) mass is 198 g/mol. The van der Waals surface area contributed by atoms with E-state index in [-0.39, 0.29) is 11.3 Å². The summed E-state index contributed by atoms with van der Waals surface area (Å²) < 4.78 is 0. The Balaban J connectivity index is 2.16. The van der Waals surface area contributed by atoms with Gasteiger partial charge in [0.05, 0.1) is 0 Å². The van der Waals surface area contributed by atoms with Crippen LogP contribution in [0.2, 0.25) is 0 Å². The largest absolute Gasteiger partial charge is 0.355 e. The molecule has 0 bridgehead atoms. The summed E-state index contributed by atoms with van der Waals surface area (Å²) in [5.41, 5.74) is 5.65. The molecule has 1 aliphatic carbocycles. The van der Waals surface area contributed by atoms with E-state index in [0.29, 0.717) is 5.92 Å². The third kappa shape index (κ3) is 4.09. The van der Waals surface area contributed by atoms with Crippen molar-refractivity contribution < 1.29 is 4.79 Å². The van der Waals surface area contributed by atoms with Crippen molar-refractivity contribution in [3.05, 3.63) is 0 Å². The molecule has 0 heterocycles. The van der Waals surface area contributed by atoms with Crippen LogP contribution in [0.5, 0.6) is 0 Å². The molecular formula is C11H22N2O. The van der Waals surface area contributed by atoms with E-state index in [1.54, 1.807) is 0 Å². The zero-order valence-corrected chi connectivity index (χ0v) is 9.31. The molecular weight excluding hydrogens is 176 g/mol. The minimum atomic E-state index is 0.184. The smallest absolute Gasteiger partial charge is 0.223 e. The van der Waals surface area contributed by atoms with E-state index in [2.05, 4.69) is 19.2 Å². The molecule has 0 aliphatic heterocycles. The zero-order valence-electron chi connectivity index (χ0n) is 9.31. The predicted octanol–water partition coefficient (Wildman–Crippen LogP) is 1.28. The quantitative estimate of drug-likeness (QED) is 0.675. The number of rotatable bonds is 6. The van der Waals surface area contributed by atoms with Gasteiger partial charge in [0.2, 0.25) is 5.91 Å². The van der Waals surface area contributed by atoms with E-state index in [1.807, 2.05) is 0 Å². The Morgan fingerprint density at radius 3 is 2.64 bits per heavy atom. The van der Waals surface area contributed by atoms with Crippen molar-refractivity contribution >= 4 is 5.91 Å². The van der Waals surface area contributed by atoms with Crippen molar-refractivity contribution in [3.8, 4) is 0 Å². The van der Waals surface area contributed by atoms with Gasteiger partial charge in [0, 0.05) is 12.5 Å². The minimum absolute atomic E-state index is 0.184. The Kier molecular flexibility index (Phi) is 3.93. The third-order valence-corrected chi connectivity index (χ3v) is 2.75. The Bertz CT molecular complexity index is 197. The number of amides is 1. The lowest BCUT2D eigenvalue weighted by Crippen LogP contribution is -2.35. The standard InChI is InChI=1S/C11H22N2O/c1-11(2,6-3-7-12)8-13-10(14)9-4-5-9/h9H,3-8,12H2,1-2H3,(H,13,14). The molecule has 3 nitrogen and oxygen atoms in total. The highest BCUT2D eigenvalue weighted by molar-refractivity contribution is 5.80. The summed E-state index contributed by atoms with van der Waals surface area (Å²) >= 11 is 0. The Morgan fingerprint density at radius 2 is 2.14 bits per heavy atom. The molecule has 1 aliphatic rings. The van der Waals surface area contributed by atoms with E-state index < -0.39 is 0 Å². The van der Waals surface area contributed by atoms with Gasteiger partial charge in [-0.3, -0.25) is 4.79 Å². The maximum Gasteiger partial charge on any atom is 0.223 e. The normalized spacial score (nSPS) is 16.8. The zero-order chi connectivity index (χ0) is 10.6. The first-order valence-corrected chi connectivity index (χ1v) is 5.53. The second kappa shape index (κ2) is 4.78. The summed E-state index contributed by atoms with van der Waals surface area (Å²) in [5, 5.41) is 3.01.